The zero-order valence-electron chi connectivity index (χ0n) is 12.3. The van der Waals surface area contributed by atoms with Gasteiger partial charge in [-0.2, -0.15) is 0 Å². The van der Waals surface area contributed by atoms with Crippen molar-refractivity contribution in [2.75, 3.05) is 5.32 Å². The van der Waals surface area contributed by atoms with Gasteiger partial charge in [0.1, 0.15) is 11.6 Å². The number of amides is 1. The first-order chi connectivity index (χ1) is 11.5. The normalized spacial score (nSPS) is 10.8. The van der Waals surface area contributed by atoms with E-state index in [0.29, 0.717) is 5.56 Å². The second-order valence-electron chi connectivity index (χ2n) is 5.14. The highest BCUT2D eigenvalue weighted by molar-refractivity contribution is 5.93. The molecule has 0 bridgehead atoms. The molecule has 0 saturated heterocycles. The van der Waals surface area contributed by atoms with Gasteiger partial charge in [0, 0.05) is 18.7 Å². The largest absolute Gasteiger partial charge is 0.324 e. The predicted molar refractivity (Wildman–Crippen MR) is 83.5 cm³/mol. The number of rotatable bonds is 4. The summed E-state index contributed by atoms with van der Waals surface area (Å²) in [6.07, 6.45) is 3.98. The van der Waals surface area contributed by atoms with Crippen molar-refractivity contribution in [3.05, 3.63) is 64.5 Å². The highest BCUT2D eigenvalue weighted by atomic mass is 19.1. The third kappa shape index (κ3) is 3.43. The van der Waals surface area contributed by atoms with E-state index < -0.39 is 23.1 Å². The van der Waals surface area contributed by atoms with E-state index in [1.54, 1.807) is 0 Å². The summed E-state index contributed by atoms with van der Waals surface area (Å²) >= 11 is 0. The maximum Gasteiger partial charge on any atom is 0.258 e. The number of halogens is 2. The van der Waals surface area contributed by atoms with Crippen LogP contribution < -0.4 is 10.9 Å². The summed E-state index contributed by atoms with van der Waals surface area (Å²) in [6, 6.07) is 3.59. The van der Waals surface area contributed by atoms with E-state index in [2.05, 4.69) is 20.3 Å². The molecule has 2 aromatic heterocycles. The van der Waals surface area contributed by atoms with Gasteiger partial charge in [0.25, 0.3) is 5.56 Å². The lowest BCUT2D eigenvalue weighted by Crippen LogP contribution is -2.15. The van der Waals surface area contributed by atoms with Gasteiger partial charge in [-0.1, -0.05) is 0 Å². The van der Waals surface area contributed by atoms with Crippen LogP contribution in [-0.2, 0) is 11.2 Å². The lowest BCUT2D eigenvalue weighted by atomic mass is 10.1. The minimum atomic E-state index is -0.693. The number of aromatic nitrogens is 3. The Balaban J connectivity index is 1.74. The van der Waals surface area contributed by atoms with Crippen molar-refractivity contribution in [3.8, 4) is 0 Å². The molecular weight excluding hydrogens is 318 g/mol. The van der Waals surface area contributed by atoms with Crippen LogP contribution in [0, 0.1) is 11.6 Å². The molecule has 0 spiro atoms. The van der Waals surface area contributed by atoms with Crippen molar-refractivity contribution in [2.45, 2.75) is 12.8 Å². The maximum absolute atomic E-state index is 14.0. The number of hydrogen-bond acceptors (Lipinski definition) is 4. The molecule has 0 aliphatic carbocycles. The summed E-state index contributed by atoms with van der Waals surface area (Å²) in [5.41, 5.74) is 0.217. The molecule has 8 heteroatoms. The van der Waals surface area contributed by atoms with E-state index in [1.807, 2.05) is 0 Å². The van der Waals surface area contributed by atoms with Crippen LogP contribution in [0.2, 0.25) is 0 Å². The minimum absolute atomic E-state index is 0.0198. The molecule has 6 nitrogen and oxygen atoms in total. The Labute approximate surface area is 134 Å². The van der Waals surface area contributed by atoms with Gasteiger partial charge in [-0.3, -0.25) is 14.6 Å². The summed E-state index contributed by atoms with van der Waals surface area (Å²) in [6.45, 7) is 0. The number of H-pyrrole nitrogens is 1. The highest BCUT2D eigenvalue weighted by Gasteiger charge is 2.11. The minimum Gasteiger partial charge on any atom is -0.324 e. The fourth-order valence-electron chi connectivity index (χ4n) is 2.25. The monoisotopic (exact) mass is 330 g/mol. The molecule has 122 valence electrons. The number of benzene rings is 1. The number of aryl methyl sites for hydroxylation is 1. The lowest BCUT2D eigenvalue weighted by Gasteiger charge is -2.07. The molecule has 1 amide bonds. The Morgan fingerprint density at radius 1 is 1.21 bits per heavy atom. The first kappa shape index (κ1) is 15.7. The average molecular weight is 330 g/mol. The van der Waals surface area contributed by atoms with Crippen molar-refractivity contribution in [3.63, 3.8) is 0 Å². The number of carbonyl (C=O) groups excluding carboxylic acids is 1. The van der Waals surface area contributed by atoms with Crippen molar-refractivity contribution in [2.24, 2.45) is 0 Å². The summed E-state index contributed by atoms with van der Waals surface area (Å²) in [4.78, 5) is 33.6. The maximum atomic E-state index is 14.0. The summed E-state index contributed by atoms with van der Waals surface area (Å²) in [5, 5.41) is 2.58. The van der Waals surface area contributed by atoms with Gasteiger partial charge >= 0.3 is 0 Å². The van der Waals surface area contributed by atoms with Gasteiger partial charge in [-0.15, -0.1) is 0 Å². The van der Waals surface area contributed by atoms with Crippen molar-refractivity contribution in [1.82, 2.24) is 15.0 Å². The first-order valence-corrected chi connectivity index (χ1v) is 7.09. The van der Waals surface area contributed by atoms with Crippen LogP contribution in [-0.4, -0.2) is 20.9 Å². The fourth-order valence-corrected chi connectivity index (χ4v) is 2.25. The van der Waals surface area contributed by atoms with Gasteiger partial charge in [-0.25, -0.2) is 13.8 Å². The van der Waals surface area contributed by atoms with E-state index in [1.165, 1.54) is 24.7 Å². The molecule has 0 radical (unpaired) electrons. The van der Waals surface area contributed by atoms with Crippen molar-refractivity contribution < 1.29 is 13.6 Å². The molecule has 0 saturated carbocycles. The molecule has 0 unspecified atom stereocenters. The molecule has 3 aromatic rings. The molecule has 2 heterocycles. The van der Waals surface area contributed by atoms with Crippen molar-refractivity contribution >= 4 is 22.5 Å². The molecular formula is C16H12F2N4O2. The number of pyridine rings is 1. The number of carbonyl (C=O) groups is 1. The number of hydrogen-bond donors (Lipinski definition) is 2. The highest BCUT2D eigenvalue weighted by Crippen LogP contribution is 2.19. The Bertz CT molecular complexity index is 972. The summed E-state index contributed by atoms with van der Waals surface area (Å²) in [7, 11) is 0. The van der Waals surface area contributed by atoms with Gasteiger partial charge in [0.05, 0.1) is 29.1 Å². The number of nitrogens with zero attached hydrogens (tertiary/aromatic N) is 2. The molecule has 0 aliphatic rings. The van der Waals surface area contributed by atoms with E-state index in [4.69, 9.17) is 0 Å². The third-order valence-corrected chi connectivity index (χ3v) is 3.41. The van der Waals surface area contributed by atoms with E-state index in [9.17, 15) is 18.4 Å². The average Bonchev–Trinajstić information content (AvgIpc) is 2.55. The van der Waals surface area contributed by atoms with Crippen LogP contribution >= 0.6 is 0 Å². The van der Waals surface area contributed by atoms with Gasteiger partial charge in [0.15, 0.2) is 0 Å². The molecule has 3 rings (SSSR count). The Hall–Kier alpha value is -3.16. The van der Waals surface area contributed by atoms with Crippen LogP contribution in [0.15, 0.2) is 41.7 Å². The molecule has 24 heavy (non-hydrogen) atoms. The summed E-state index contributed by atoms with van der Waals surface area (Å²) < 4.78 is 27.0. The molecule has 0 aliphatic heterocycles. The first-order valence-electron chi connectivity index (χ1n) is 7.09. The summed E-state index contributed by atoms with van der Waals surface area (Å²) in [5.74, 6) is -1.64. The molecule has 0 fully saturated rings. The number of fused-ring (bicyclic) bond motifs is 1. The molecule has 0 atom stereocenters. The zero-order chi connectivity index (χ0) is 17.1. The smallest absolute Gasteiger partial charge is 0.258 e. The Kier molecular flexibility index (Phi) is 4.28. The number of nitrogens with one attached hydrogen (secondary N) is 2. The third-order valence-electron chi connectivity index (χ3n) is 3.41. The van der Waals surface area contributed by atoms with Crippen LogP contribution in [0.4, 0.5) is 14.5 Å². The fraction of sp³-hybridized carbons (Fsp3) is 0.125. The Morgan fingerprint density at radius 3 is 2.83 bits per heavy atom. The second-order valence-corrected chi connectivity index (χ2v) is 5.14. The number of aromatic amines is 1. The zero-order valence-corrected chi connectivity index (χ0v) is 12.3. The van der Waals surface area contributed by atoms with Crippen LogP contribution in [0.1, 0.15) is 12.0 Å². The van der Waals surface area contributed by atoms with Crippen molar-refractivity contribution in [1.29, 1.82) is 0 Å². The quantitative estimate of drug-likeness (QED) is 0.767. The standard InChI is InChI=1S/C16H12F2N4O2/c17-10-3-9(6-19-7-10)1-2-15(23)22-14-4-11-13(5-12(14)18)20-8-21-16(11)24/h3-8H,1-2H2,(H,22,23)(H,20,21,24). The second kappa shape index (κ2) is 6.53. The van der Waals surface area contributed by atoms with E-state index in [-0.39, 0.29) is 29.4 Å². The van der Waals surface area contributed by atoms with E-state index in [0.717, 1.165) is 12.3 Å². The number of anilines is 1. The predicted octanol–water partition coefficient (Wildman–Crippen LogP) is 2.17. The topological polar surface area (TPSA) is 87.7 Å². The van der Waals surface area contributed by atoms with Gasteiger partial charge < -0.3 is 10.3 Å². The molecule has 2 N–H and O–H groups in total. The Morgan fingerprint density at radius 2 is 2.04 bits per heavy atom. The molecule has 1 aromatic carbocycles. The van der Waals surface area contributed by atoms with Crippen LogP contribution in [0.3, 0.4) is 0 Å². The van der Waals surface area contributed by atoms with Gasteiger partial charge in [0.2, 0.25) is 5.91 Å². The lowest BCUT2D eigenvalue weighted by molar-refractivity contribution is -0.116. The van der Waals surface area contributed by atoms with Crippen LogP contribution in [0.5, 0.6) is 0 Å². The van der Waals surface area contributed by atoms with Gasteiger partial charge in [-0.05, 0) is 24.1 Å². The van der Waals surface area contributed by atoms with Crippen LogP contribution in [0.25, 0.3) is 10.9 Å². The SMILES string of the molecule is O=C(CCc1cncc(F)c1)Nc1cc2c(=O)[nH]cnc2cc1F. The van der Waals surface area contributed by atoms with E-state index >= 15 is 0 Å².